The summed E-state index contributed by atoms with van der Waals surface area (Å²) in [6, 6.07) is 9.66. The van der Waals surface area contributed by atoms with Gasteiger partial charge >= 0.3 is 0 Å². The molecule has 0 bridgehead atoms. The molecule has 0 saturated heterocycles. The number of hydrogen-bond acceptors (Lipinski definition) is 2. The quantitative estimate of drug-likeness (QED) is 0.555. The summed E-state index contributed by atoms with van der Waals surface area (Å²) in [6.45, 7) is 8.78. The van der Waals surface area contributed by atoms with Crippen molar-refractivity contribution in [3.63, 3.8) is 0 Å². The van der Waals surface area contributed by atoms with E-state index in [1.165, 1.54) is 71.4 Å². The molecule has 2 fully saturated rings. The Kier molecular flexibility index (Phi) is 5.68. The van der Waals surface area contributed by atoms with Crippen LogP contribution in [0, 0.1) is 33.1 Å². The summed E-state index contributed by atoms with van der Waals surface area (Å²) in [5.74, 6) is 2.08. The van der Waals surface area contributed by atoms with Crippen LogP contribution in [-0.4, -0.2) is 19.9 Å². The van der Waals surface area contributed by atoms with Crippen molar-refractivity contribution in [3.05, 3.63) is 46.5 Å². The van der Waals surface area contributed by atoms with Gasteiger partial charge in [0.15, 0.2) is 0 Å². The molecular formula is C26H35O2P. The maximum absolute atomic E-state index is 5.67. The van der Waals surface area contributed by atoms with Crippen LogP contribution in [0.3, 0.4) is 0 Å². The third-order valence-corrected chi connectivity index (χ3v) is 10.4. The molecule has 0 radical (unpaired) electrons. The van der Waals surface area contributed by atoms with Gasteiger partial charge in [0.2, 0.25) is 0 Å². The molecule has 156 valence electrons. The topological polar surface area (TPSA) is 18.5 Å². The van der Waals surface area contributed by atoms with E-state index < -0.39 is 7.92 Å². The molecule has 29 heavy (non-hydrogen) atoms. The molecule has 2 saturated carbocycles. The zero-order valence-corrected chi connectivity index (χ0v) is 19.8. The highest BCUT2D eigenvalue weighted by molar-refractivity contribution is 7.73. The van der Waals surface area contributed by atoms with Gasteiger partial charge < -0.3 is 9.47 Å². The zero-order chi connectivity index (χ0) is 20.8. The summed E-state index contributed by atoms with van der Waals surface area (Å²) < 4.78 is 11.3. The minimum Gasteiger partial charge on any atom is -0.496 e. The third kappa shape index (κ3) is 3.48. The van der Waals surface area contributed by atoms with Crippen LogP contribution in [0.2, 0.25) is 0 Å². The van der Waals surface area contributed by atoms with Crippen molar-refractivity contribution in [3.8, 4) is 11.5 Å². The lowest BCUT2D eigenvalue weighted by Crippen LogP contribution is -2.39. The van der Waals surface area contributed by atoms with Crippen LogP contribution in [0.1, 0.15) is 60.8 Å². The van der Waals surface area contributed by atoms with E-state index in [2.05, 4.69) is 52.0 Å². The number of hydrogen-bond donors (Lipinski definition) is 0. The van der Waals surface area contributed by atoms with E-state index in [-0.39, 0.29) is 0 Å². The summed E-state index contributed by atoms with van der Waals surface area (Å²) in [7, 11) is 3.17. The molecule has 2 aromatic rings. The van der Waals surface area contributed by atoms with Crippen LogP contribution in [0.15, 0.2) is 24.3 Å². The van der Waals surface area contributed by atoms with Gasteiger partial charge in [-0.3, -0.25) is 0 Å². The Bertz CT molecular complexity index is 807. The molecule has 1 atom stereocenters. The van der Waals surface area contributed by atoms with Gasteiger partial charge in [0, 0.05) is 0 Å². The average molecular weight is 411 g/mol. The predicted molar refractivity (Wildman–Crippen MR) is 125 cm³/mol. The smallest absolute Gasteiger partial charge is 0.124 e. The highest BCUT2D eigenvalue weighted by Gasteiger charge is 2.50. The van der Waals surface area contributed by atoms with Crippen LogP contribution < -0.4 is 20.1 Å². The molecule has 0 amide bonds. The molecule has 0 aromatic heterocycles. The van der Waals surface area contributed by atoms with Gasteiger partial charge in [-0.15, -0.1) is 0 Å². The number of aryl methyl sites for hydroxylation is 4. The Morgan fingerprint density at radius 1 is 0.724 bits per heavy atom. The average Bonchev–Trinajstić information content (AvgIpc) is 3.07. The van der Waals surface area contributed by atoms with Gasteiger partial charge in [-0.25, -0.2) is 0 Å². The summed E-state index contributed by atoms with van der Waals surface area (Å²) in [5, 5.41) is 3.05. The third-order valence-electron chi connectivity index (χ3n) is 7.37. The lowest BCUT2D eigenvalue weighted by atomic mass is 9.67. The van der Waals surface area contributed by atoms with Crippen molar-refractivity contribution in [2.24, 2.45) is 5.41 Å². The number of ether oxygens (including phenoxy) is 2. The molecule has 2 aliphatic rings. The first-order valence-corrected chi connectivity index (χ1v) is 12.4. The molecule has 2 nitrogen and oxygen atoms in total. The molecular weight excluding hydrogens is 375 g/mol. The Morgan fingerprint density at radius 3 is 1.48 bits per heavy atom. The highest BCUT2D eigenvalue weighted by Crippen LogP contribution is 2.64. The van der Waals surface area contributed by atoms with E-state index in [0.29, 0.717) is 5.41 Å². The maximum atomic E-state index is 5.67. The molecule has 0 N–H and O–H groups in total. The monoisotopic (exact) mass is 410 g/mol. The lowest BCUT2D eigenvalue weighted by Gasteiger charge is -2.47. The lowest BCUT2D eigenvalue weighted by molar-refractivity contribution is 0.149. The van der Waals surface area contributed by atoms with Gasteiger partial charge in [0.05, 0.1) is 14.2 Å². The summed E-state index contributed by atoms with van der Waals surface area (Å²) in [5.41, 5.74) is 6.44. The largest absolute Gasteiger partial charge is 0.496 e. The van der Waals surface area contributed by atoms with Gasteiger partial charge in [-0.2, -0.15) is 0 Å². The fourth-order valence-corrected chi connectivity index (χ4v) is 9.75. The first kappa shape index (κ1) is 20.7. The first-order chi connectivity index (χ1) is 13.9. The van der Waals surface area contributed by atoms with Crippen molar-refractivity contribution in [2.75, 3.05) is 14.2 Å². The molecule has 0 aliphatic heterocycles. The Morgan fingerprint density at radius 2 is 1.14 bits per heavy atom. The van der Waals surface area contributed by atoms with Crippen LogP contribution >= 0.6 is 7.92 Å². The summed E-state index contributed by atoms with van der Waals surface area (Å²) >= 11 is 0. The van der Waals surface area contributed by atoms with Gasteiger partial charge in [0.25, 0.3) is 0 Å². The fraction of sp³-hybridized carbons (Fsp3) is 0.538. The molecule has 4 rings (SSSR count). The zero-order valence-electron chi connectivity index (χ0n) is 18.9. The second-order valence-electron chi connectivity index (χ2n) is 9.22. The van der Waals surface area contributed by atoms with E-state index in [1.807, 2.05) is 0 Å². The summed E-state index contributed by atoms with van der Waals surface area (Å²) in [6.07, 6.45) is 8.48. The molecule has 2 aliphatic carbocycles. The number of methoxy groups -OCH3 is 2. The van der Waals surface area contributed by atoms with Crippen LogP contribution in [0.4, 0.5) is 0 Å². The molecule has 3 heteroatoms. The number of rotatable bonds is 5. The Labute approximate surface area is 177 Å². The Hall–Kier alpha value is -1.53. The standard InChI is InChI=1S/C26H35O2P/c1-17-13-21(14-18(2)24(17)27-5)29(23-9-7-10-26(23)11-8-12-26)22-15-19(3)25(28-6)20(4)16-22/h13-16,23H,7-12H2,1-6H3/t23-/m1/s1. The SMILES string of the molecule is COc1c(C)cc(P(c2cc(C)c(OC)c(C)c2)[C@@H]2CCCC23CCC3)cc1C. The fourth-order valence-electron chi connectivity index (χ4n) is 6.02. The highest BCUT2D eigenvalue weighted by atomic mass is 31.1. The van der Waals surface area contributed by atoms with Crippen LogP contribution in [0.25, 0.3) is 0 Å². The van der Waals surface area contributed by atoms with Gasteiger partial charge in [0.1, 0.15) is 11.5 Å². The van der Waals surface area contributed by atoms with Crippen LogP contribution in [0.5, 0.6) is 11.5 Å². The van der Waals surface area contributed by atoms with Crippen molar-refractivity contribution in [1.82, 2.24) is 0 Å². The minimum atomic E-state index is -0.405. The molecule has 1 spiro atoms. The van der Waals surface area contributed by atoms with E-state index in [1.54, 1.807) is 14.2 Å². The van der Waals surface area contributed by atoms with E-state index in [4.69, 9.17) is 9.47 Å². The van der Waals surface area contributed by atoms with Crippen LogP contribution in [-0.2, 0) is 0 Å². The second kappa shape index (κ2) is 7.95. The normalized spacial score (nSPS) is 20.2. The van der Waals surface area contributed by atoms with Crippen molar-refractivity contribution in [1.29, 1.82) is 0 Å². The predicted octanol–water partition coefficient (Wildman–Crippen LogP) is 6.09. The minimum absolute atomic E-state index is 0.405. The van der Waals surface area contributed by atoms with E-state index >= 15 is 0 Å². The van der Waals surface area contributed by atoms with Crippen molar-refractivity contribution < 1.29 is 9.47 Å². The Balaban J connectivity index is 1.87. The van der Waals surface area contributed by atoms with Crippen molar-refractivity contribution in [2.45, 2.75) is 71.9 Å². The summed E-state index contributed by atoms with van der Waals surface area (Å²) in [4.78, 5) is 0. The van der Waals surface area contributed by atoms with E-state index in [9.17, 15) is 0 Å². The molecule has 2 aromatic carbocycles. The molecule has 0 unspecified atom stereocenters. The maximum Gasteiger partial charge on any atom is 0.124 e. The van der Waals surface area contributed by atoms with Crippen molar-refractivity contribution >= 4 is 18.5 Å². The first-order valence-electron chi connectivity index (χ1n) is 11.0. The second-order valence-corrected chi connectivity index (χ2v) is 11.6. The number of benzene rings is 2. The van der Waals surface area contributed by atoms with Gasteiger partial charge in [-0.05, 0) is 130 Å². The van der Waals surface area contributed by atoms with E-state index in [0.717, 1.165) is 17.2 Å². The van der Waals surface area contributed by atoms with Gasteiger partial charge in [-0.1, -0.05) is 12.8 Å². The molecule has 0 heterocycles.